The van der Waals surface area contributed by atoms with Crippen LogP contribution in [0.25, 0.3) is 0 Å². The van der Waals surface area contributed by atoms with Crippen LogP contribution in [0.1, 0.15) is 39.0 Å². The summed E-state index contributed by atoms with van der Waals surface area (Å²) in [6.45, 7) is 1.96. The molecule has 98 valence electrons. The molecule has 2 N–H and O–H groups in total. The minimum absolute atomic E-state index is 0.0967. The van der Waals surface area contributed by atoms with Gasteiger partial charge in [0.25, 0.3) is 0 Å². The van der Waals surface area contributed by atoms with E-state index in [1.165, 1.54) is 0 Å². The molecule has 0 aromatic rings. The molecule has 0 aromatic heterocycles. The van der Waals surface area contributed by atoms with Gasteiger partial charge in [-0.2, -0.15) is 0 Å². The van der Waals surface area contributed by atoms with Crippen molar-refractivity contribution in [3.8, 4) is 0 Å². The number of aliphatic carboxylic acids is 1. The largest absolute Gasteiger partial charge is 0.481 e. The topological polar surface area (TPSA) is 83.5 Å². The molecule has 0 bridgehead atoms. The fraction of sp³-hybridized carbons (Fsp3) is 0.909. The van der Waals surface area contributed by atoms with Crippen LogP contribution in [-0.4, -0.2) is 30.8 Å². The van der Waals surface area contributed by atoms with Gasteiger partial charge in [0.1, 0.15) is 0 Å². The Morgan fingerprint density at radius 1 is 1.35 bits per heavy atom. The van der Waals surface area contributed by atoms with Crippen LogP contribution in [0.4, 0.5) is 0 Å². The number of rotatable bonds is 5. The Balaban J connectivity index is 1.98. The predicted octanol–water partition coefficient (Wildman–Crippen LogP) is 0.958. The summed E-state index contributed by atoms with van der Waals surface area (Å²) in [5.74, 6) is -1.10. The molecule has 2 rings (SSSR count). The normalized spacial score (nSPS) is 33.8. The zero-order chi connectivity index (χ0) is 12.6. The van der Waals surface area contributed by atoms with E-state index in [9.17, 15) is 13.2 Å². The summed E-state index contributed by atoms with van der Waals surface area (Å²) in [6, 6.07) is -0.188. The van der Waals surface area contributed by atoms with Crippen molar-refractivity contribution in [3.05, 3.63) is 0 Å². The van der Waals surface area contributed by atoms with Gasteiger partial charge in [-0.25, -0.2) is 13.1 Å². The van der Waals surface area contributed by atoms with Gasteiger partial charge in [-0.15, -0.1) is 0 Å². The molecule has 0 saturated heterocycles. The van der Waals surface area contributed by atoms with E-state index in [-0.39, 0.29) is 17.2 Å². The van der Waals surface area contributed by atoms with E-state index < -0.39 is 21.9 Å². The molecule has 3 atom stereocenters. The van der Waals surface area contributed by atoms with Crippen molar-refractivity contribution >= 4 is 16.0 Å². The van der Waals surface area contributed by atoms with E-state index in [1.807, 2.05) is 6.92 Å². The molecule has 0 heterocycles. The van der Waals surface area contributed by atoms with Crippen LogP contribution < -0.4 is 4.72 Å². The van der Waals surface area contributed by atoms with Crippen LogP contribution in [0.2, 0.25) is 0 Å². The third kappa shape index (κ3) is 2.80. The van der Waals surface area contributed by atoms with Gasteiger partial charge in [0.2, 0.25) is 10.0 Å². The maximum absolute atomic E-state index is 11.8. The minimum Gasteiger partial charge on any atom is -0.481 e. The van der Waals surface area contributed by atoms with Crippen molar-refractivity contribution < 1.29 is 18.3 Å². The number of hydrogen-bond donors (Lipinski definition) is 2. The summed E-state index contributed by atoms with van der Waals surface area (Å²) in [7, 11) is -3.19. The summed E-state index contributed by atoms with van der Waals surface area (Å²) >= 11 is 0. The minimum atomic E-state index is -3.19. The Hall–Kier alpha value is -0.620. The number of sulfonamides is 1. The number of carboxylic acids is 1. The molecule has 17 heavy (non-hydrogen) atoms. The lowest BCUT2D eigenvalue weighted by atomic mass is 9.94. The van der Waals surface area contributed by atoms with Gasteiger partial charge in [-0.1, -0.05) is 13.3 Å². The second-order valence-corrected chi connectivity index (χ2v) is 7.14. The third-order valence-corrected chi connectivity index (χ3v) is 5.84. The average molecular weight is 261 g/mol. The third-order valence-electron chi connectivity index (χ3n) is 3.83. The molecule has 5 nitrogen and oxygen atoms in total. The van der Waals surface area contributed by atoms with Crippen LogP contribution in [0.5, 0.6) is 0 Å². The van der Waals surface area contributed by atoms with Gasteiger partial charge < -0.3 is 5.11 Å². The highest BCUT2D eigenvalue weighted by atomic mass is 32.2. The molecule has 6 heteroatoms. The van der Waals surface area contributed by atoms with Gasteiger partial charge in [-0.05, 0) is 31.6 Å². The standard InChI is InChI=1S/C11H19NO4S/c1-2-7-5-8(6-10(7)11(13)14)12-17(15,16)9-3-4-9/h7-10,12H,2-6H2,1H3,(H,13,14)/t7?,8-,10?/m0/s1. The quantitative estimate of drug-likeness (QED) is 0.772. The van der Waals surface area contributed by atoms with Crippen LogP contribution in [-0.2, 0) is 14.8 Å². The molecule has 2 fully saturated rings. The monoisotopic (exact) mass is 261 g/mol. The molecule has 0 aromatic carbocycles. The molecular formula is C11H19NO4S. The second kappa shape index (κ2) is 4.57. The van der Waals surface area contributed by atoms with Gasteiger partial charge in [0.15, 0.2) is 0 Å². The fourth-order valence-corrected chi connectivity index (χ4v) is 4.29. The van der Waals surface area contributed by atoms with Crippen molar-refractivity contribution in [2.45, 2.75) is 50.3 Å². The first kappa shape index (κ1) is 12.8. The highest BCUT2D eigenvalue weighted by molar-refractivity contribution is 7.90. The lowest BCUT2D eigenvalue weighted by molar-refractivity contribution is -0.143. The SMILES string of the molecule is CCC1C[C@H](NS(=O)(=O)C2CC2)CC1C(=O)O. The van der Waals surface area contributed by atoms with Crippen molar-refractivity contribution in [1.82, 2.24) is 4.72 Å². The molecule has 2 unspecified atom stereocenters. The van der Waals surface area contributed by atoms with E-state index in [1.54, 1.807) is 0 Å². The van der Waals surface area contributed by atoms with Gasteiger partial charge in [0, 0.05) is 6.04 Å². The highest BCUT2D eigenvalue weighted by Crippen LogP contribution is 2.36. The van der Waals surface area contributed by atoms with Crippen molar-refractivity contribution in [1.29, 1.82) is 0 Å². The number of carbonyl (C=O) groups is 1. The Bertz CT molecular complexity index is 402. The van der Waals surface area contributed by atoms with Crippen LogP contribution in [0.3, 0.4) is 0 Å². The molecule has 0 aliphatic heterocycles. The average Bonchev–Trinajstić information content (AvgIpc) is 3.01. The van der Waals surface area contributed by atoms with Crippen molar-refractivity contribution in [3.63, 3.8) is 0 Å². The van der Waals surface area contributed by atoms with E-state index >= 15 is 0 Å². The first-order chi connectivity index (χ1) is 7.94. The zero-order valence-electron chi connectivity index (χ0n) is 9.93. The predicted molar refractivity (Wildman–Crippen MR) is 63.0 cm³/mol. The lowest BCUT2D eigenvalue weighted by Gasteiger charge is -2.12. The first-order valence-corrected chi connectivity index (χ1v) is 7.72. The van der Waals surface area contributed by atoms with Gasteiger partial charge >= 0.3 is 5.97 Å². The van der Waals surface area contributed by atoms with E-state index in [0.29, 0.717) is 12.8 Å². The molecule has 0 radical (unpaired) electrons. The molecule has 0 spiro atoms. The maximum Gasteiger partial charge on any atom is 0.306 e. The summed E-state index contributed by atoms with van der Waals surface area (Å²) in [4.78, 5) is 11.1. The Morgan fingerprint density at radius 3 is 2.41 bits per heavy atom. The zero-order valence-corrected chi connectivity index (χ0v) is 10.7. The van der Waals surface area contributed by atoms with Crippen LogP contribution >= 0.6 is 0 Å². The maximum atomic E-state index is 11.8. The Labute approximate surface area is 102 Å². The summed E-state index contributed by atoms with van der Waals surface area (Å²) < 4.78 is 26.2. The van der Waals surface area contributed by atoms with Crippen molar-refractivity contribution in [2.75, 3.05) is 0 Å². The smallest absolute Gasteiger partial charge is 0.306 e. The Morgan fingerprint density at radius 2 is 2.00 bits per heavy atom. The number of carboxylic acid groups (broad SMARTS) is 1. The molecule has 2 aliphatic rings. The highest BCUT2D eigenvalue weighted by Gasteiger charge is 2.42. The van der Waals surface area contributed by atoms with E-state index in [4.69, 9.17) is 5.11 Å². The molecular weight excluding hydrogens is 242 g/mol. The van der Waals surface area contributed by atoms with E-state index in [0.717, 1.165) is 19.3 Å². The Kier molecular flexibility index (Phi) is 3.45. The summed E-state index contributed by atoms with van der Waals surface area (Å²) in [5.41, 5.74) is 0. The number of hydrogen-bond acceptors (Lipinski definition) is 3. The van der Waals surface area contributed by atoms with Crippen LogP contribution in [0.15, 0.2) is 0 Å². The number of nitrogens with one attached hydrogen (secondary N) is 1. The van der Waals surface area contributed by atoms with Gasteiger partial charge in [-0.3, -0.25) is 4.79 Å². The second-order valence-electron chi connectivity index (χ2n) is 5.14. The molecule has 0 amide bonds. The fourth-order valence-electron chi connectivity index (χ4n) is 2.68. The lowest BCUT2D eigenvalue weighted by Crippen LogP contribution is -2.35. The summed E-state index contributed by atoms with van der Waals surface area (Å²) in [5, 5.41) is 8.85. The van der Waals surface area contributed by atoms with Crippen molar-refractivity contribution in [2.24, 2.45) is 11.8 Å². The summed E-state index contributed by atoms with van der Waals surface area (Å²) in [6.07, 6.45) is 3.35. The van der Waals surface area contributed by atoms with Crippen LogP contribution in [0, 0.1) is 11.8 Å². The van der Waals surface area contributed by atoms with Gasteiger partial charge in [0.05, 0.1) is 11.2 Å². The molecule has 2 aliphatic carbocycles. The van der Waals surface area contributed by atoms with E-state index in [2.05, 4.69) is 4.72 Å². The molecule has 2 saturated carbocycles. The first-order valence-electron chi connectivity index (χ1n) is 6.18.